The predicted octanol–water partition coefficient (Wildman–Crippen LogP) is 8.03. The Kier molecular flexibility index (Phi) is 9.56. The maximum atomic E-state index is 15.1. The van der Waals surface area contributed by atoms with Gasteiger partial charge in [-0.25, -0.2) is 9.18 Å². The number of benzene rings is 4. The van der Waals surface area contributed by atoms with Gasteiger partial charge in [0.1, 0.15) is 11.6 Å². The molecule has 0 heterocycles. The summed E-state index contributed by atoms with van der Waals surface area (Å²) < 4.78 is 32.2. The Balaban J connectivity index is 1.46. The lowest BCUT2D eigenvalue weighted by Gasteiger charge is -2.27. The topological polar surface area (TPSA) is 97.9 Å². The number of ether oxygens (including phenoxy) is 3. The summed E-state index contributed by atoms with van der Waals surface area (Å²) in [6.07, 6.45) is 2.96. The van der Waals surface area contributed by atoms with Gasteiger partial charge in [0, 0.05) is 28.5 Å². The first kappa shape index (κ1) is 31.4. The first-order valence-corrected chi connectivity index (χ1v) is 14.9. The third-order valence-electron chi connectivity index (χ3n) is 8.06. The minimum absolute atomic E-state index is 0.223. The second-order valence-corrected chi connectivity index (χ2v) is 11.5. The quantitative estimate of drug-likeness (QED) is 0.169. The van der Waals surface area contributed by atoms with Crippen LogP contribution in [0.15, 0.2) is 84.9 Å². The van der Waals surface area contributed by atoms with E-state index < -0.39 is 18.0 Å². The van der Waals surface area contributed by atoms with Crippen LogP contribution in [0.1, 0.15) is 65.8 Å². The molecule has 1 atom stereocenters. The summed E-state index contributed by atoms with van der Waals surface area (Å²) in [5.74, 6) is 0.500. The van der Waals surface area contributed by atoms with Crippen molar-refractivity contribution in [3.05, 3.63) is 113 Å². The zero-order valence-electron chi connectivity index (χ0n) is 25.9. The Morgan fingerprint density at radius 3 is 2.07 bits per heavy atom. The molecule has 9 heteroatoms. The van der Waals surface area contributed by atoms with Crippen molar-refractivity contribution in [2.24, 2.45) is 0 Å². The van der Waals surface area contributed by atoms with Gasteiger partial charge >= 0.3 is 6.03 Å². The Morgan fingerprint density at radius 2 is 1.42 bits per heavy atom. The van der Waals surface area contributed by atoms with Gasteiger partial charge in [-0.1, -0.05) is 60.9 Å². The number of amides is 3. The summed E-state index contributed by atoms with van der Waals surface area (Å²) >= 11 is 0. The molecule has 0 radical (unpaired) electrons. The summed E-state index contributed by atoms with van der Waals surface area (Å²) in [6.45, 7) is 4.01. The second kappa shape index (κ2) is 13.7. The molecule has 5 rings (SSSR count). The molecular formula is C36H38FN3O5. The average molecular weight is 612 g/mol. The van der Waals surface area contributed by atoms with E-state index in [1.54, 1.807) is 54.6 Å². The lowest BCUT2D eigenvalue weighted by Crippen LogP contribution is -2.43. The molecule has 45 heavy (non-hydrogen) atoms. The van der Waals surface area contributed by atoms with Crippen molar-refractivity contribution in [3.63, 3.8) is 0 Å². The van der Waals surface area contributed by atoms with Crippen LogP contribution in [0.2, 0.25) is 0 Å². The van der Waals surface area contributed by atoms with Gasteiger partial charge in [-0.15, -0.1) is 0 Å². The molecule has 0 saturated heterocycles. The fraction of sp³-hybridized carbons (Fsp3) is 0.278. The molecule has 1 unspecified atom stereocenters. The van der Waals surface area contributed by atoms with E-state index in [0.29, 0.717) is 28.4 Å². The van der Waals surface area contributed by atoms with Crippen LogP contribution in [0.3, 0.4) is 0 Å². The van der Waals surface area contributed by atoms with Crippen molar-refractivity contribution in [3.8, 4) is 17.2 Å². The van der Waals surface area contributed by atoms with Crippen LogP contribution in [0.25, 0.3) is 0 Å². The number of hydrogen-bond acceptors (Lipinski definition) is 5. The molecule has 8 nitrogen and oxygen atoms in total. The third kappa shape index (κ3) is 7.55. The van der Waals surface area contributed by atoms with E-state index in [2.05, 4.69) is 16.0 Å². The number of urea groups is 1. The second-order valence-electron chi connectivity index (χ2n) is 11.5. The number of rotatable bonds is 10. The SMILES string of the molecule is COc1ccc(NC(=O)Nc2ccc(OC(c3ccc(C)cc3)c3ccccc3F)c(C(=O)NC3(C)CCCC3)c2)cc1OC. The number of carbonyl (C=O) groups excluding carboxylic acids is 2. The number of anilines is 2. The molecule has 1 aliphatic rings. The Hall–Kier alpha value is -5.05. The van der Waals surface area contributed by atoms with Crippen LogP contribution in [0.4, 0.5) is 20.6 Å². The van der Waals surface area contributed by atoms with Crippen molar-refractivity contribution < 1.29 is 28.2 Å². The van der Waals surface area contributed by atoms with Crippen molar-refractivity contribution in [2.45, 2.75) is 51.2 Å². The van der Waals surface area contributed by atoms with Crippen LogP contribution in [0, 0.1) is 12.7 Å². The maximum absolute atomic E-state index is 15.1. The third-order valence-corrected chi connectivity index (χ3v) is 8.06. The van der Waals surface area contributed by atoms with Crippen LogP contribution < -0.4 is 30.2 Å². The Morgan fingerprint density at radius 1 is 0.800 bits per heavy atom. The van der Waals surface area contributed by atoms with Gasteiger partial charge in [-0.2, -0.15) is 0 Å². The van der Waals surface area contributed by atoms with E-state index in [0.717, 1.165) is 36.8 Å². The fourth-order valence-corrected chi connectivity index (χ4v) is 5.58. The molecule has 1 fully saturated rings. The minimum Gasteiger partial charge on any atom is -0.493 e. The van der Waals surface area contributed by atoms with Gasteiger partial charge in [0.25, 0.3) is 5.91 Å². The van der Waals surface area contributed by atoms with Crippen LogP contribution in [0.5, 0.6) is 17.2 Å². The van der Waals surface area contributed by atoms with E-state index in [1.807, 2.05) is 38.1 Å². The van der Waals surface area contributed by atoms with Crippen molar-refractivity contribution in [2.75, 3.05) is 24.9 Å². The molecular weight excluding hydrogens is 573 g/mol. The molecule has 234 valence electrons. The highest BCUT2D eigenvalue weighted by Gasteiger charge is 2.32. The minimum atomic E-state index is -0.826. The molecule has 4 aromatic carbocycles. The van der Waals surface area contributed by atoms with Crippen LogP contribution in [-0.2, 0) is 0 Å². The highest BCUT2D eigenvalue weighted by atomic mass is 19.1. The van der Waals surface area contributed by atoms with Gasteiger partial charge in [-0.05, 0) is 68.7 Å². The first-order valence-electron chi connectivity index (χ1n) is 14.9. The van der Waals surface area contributed by atoms with Crippen LogP contribution in [-0.4, -0.2) is 31.7 Å². The molecule has 4 aromatic rings. The first-order chi connectivity index (χ1) is 21.7. The zero-order valence-corrected chi connectivity index (χ0v) is 25.9. The Bertz CT molecular complexity index is 1670. The van der Waals surface area contributed by atoms with E-state index in [-0.39, 0.29) is 22.8 Å². The molecule has 0 bridgehead atoms. The van der Waals surface area contributed by atoms with Gasteiger partial charge < -0.3 is 30.2 Å². The van der Waals surface area contributed by atoms with Gasteiger partial charge in [0.15, 0.2) is 17.6 Å². The van der Waals surface area contributed by atoms with Crippen molar-refractivity contribution in [1.82, 2.24) is 5.32 Å². The van der Waals surface area contributed by atoms with E-state index >= 15 is 4.39 Å². The molecule has 3 amide bonds. The van der Waals surface area contributed by atoms with Gasteiger partial charge in [0.2, 0.25) is 0 Å². The van der Waals surface area contributed by atoms with Crippen molar-refractivity contribution in [1.29, 1.82) is 0 Å². The maximum Gasteiger partial charge on any atom is 0.323 e. The summed E-state index contributed by atoms with van der Waals surface area (Å²) in [6, 6.07) is 23.4. The molecule has 1 saturated carbocycles. The number of methoxy groups -OCH3 is 2. The molecule has 0 spiro atoms. The highest BCUT2D eigenvalue weighted by molar-refractivity contribution is 6.02. The monoisotopic (exact) mass is 611 g/mol. The average Bonchev–Trinajstić information content (AvgIpc) is 3.46. The molecule has 0 aliphatic heterocycles. The fourth-order valence-electron chi connectivity index (χ4n) is 5.58. The summed E-state index contributed by atoms with van der Waals surface area (Å²) in [5, 5.41) is 8.75. The van der Waals surface area contributed by atoms with Gasteiger partial charge in [0.05, 0.1) is 19.8 Å². The lowest BCUT2D eigenvalue weighted by molar-refractivity contribution is 0.0902. The van der Waals surface area contributed by atoms with E-state index in [9.17, 15) is 9.59 Å². The standard InChI is InChI=1S/C36H38FN3O5/c1-23-11-13-24(14-12-23)33(27-9-5-6-10-29(27)37)45-30-17-15-25(21-28(30)34(41)40-36(2)19-7-8-20-36)38-35(42)39-26-16-18-31(43-3)32(22-26)44-4/h5-6,9-18,21-22,33H,7-8,19-20H2,1-4H3,(H,40,41)(H2,38,39,42). The lowest BCUT2D eigenvalue weighted by atomic mass is 9.98. The molecule has 0 aromatic heterocycles. The van der Waals surface area contributed by atoms with Gasteiger partial charge in [-0.3, -0.25) is 4.79 Å². The largest absolute Gasteiger partial charge is 0.493 e. The summed E-state index contributed by atoms with van der Waals surface area (Å²) in [7, 11) is 3.05. The predicted molar refractivity (Wildman–Crippen MR) is 173 cm³/mol. The van der Waals surface area contributed by atoms with E-state index in [4.69, 9.17) is 14.2 Å². The number of carbonyl (C=O) groups is 2. The Labute approximate surface area is 262 Å². The number of nitrogens with one attached hydrogen (secondary N) is 3. The zero-order chi connectivity index (χ0) is 32.0. The number of halogens is 1. The molecule has 1 aliphatic carbocycles. The van der Waals surface area contributed by atoms with Crippen LogP contribution >= 0.6 is 0 Å². The normalized spacial score (nSPS) is 14.2. The molecule has 3 N–H and O–H groups in total. The number of hydrogen-bond donors (Lipinski definition) is 3. The number of aryl methyl sites for hydroxylation is 1. The smallest absolute Gasteiger partial charge is 0.323 e. The summed E-state index contributed by atoms with van der Waals surface area (Å²) in [4.78, 5) is 26.8. The van der Waals surface area contributed by atoms with E-state index in [1.165, 1.54) is 20.3 Å². The summed E-state index contributed by atoms with van der Waals surface area (Å²) in [5.41, 5.74) is 2.86. The highest BCUT2D eigenvalue weighted by Crippen LogP contribution is 2.35. The van der Waals surface area contributed by atoms with Crippen molar-refractivity contribution >= 4 is 23.3 Å².